The van der Waals surface area contributed by atoms with Gasteiger partial charge in [0.05, 0.1) is 10.2 Å². The van der Waals surface area contributed by atoms with Crippen molar-refractivity contribution in [2.24, 2.45) is 0 Å². The Hall–Kier alpha value is -0.840. The summed E-state index contributed by atoms with van der Waals surface area (Å²) in [4.78, 5) is 7.16. The fourth-order valence-corrected chi connectivity index (χ4v) is 3.73. The maximum absolute atomic E-state index is 6.02. The van der Waals surface area contributed by atoms with Gasteiger partial charge in [-0.15, -0.1) is 0 Å². The average Bonchev–Trinajstić information content (AvgIpc) is 2.81. The maximum Gasteiger partial charge on any atom is 0.186 e. The zero-order chi connectivity index (χ0) is 12.5. The van der Waals surface area contributed by atoms with Crippen LogP contribution in [0.15, 0.2) is 18.2 Å². The second-order valence-electron chi connectivity index (χ2n) is 4.57. The molecule has 5 heteroatoms. The monoisotopic (exact) mass is 281 g/mol. The molecule has 0 unspecified atom stereocenters. The topological polar surface area (TPSA) is 28.2 Å². The van der Waals surface area contributed by atoms with Crippen LogP contribution >= 0.6 is 22.9 Å². The molecular weight excluding hydrogens is 266 g/mol. The number of nitrogens with one attached hydrogen (secondary N) is 1. The second kappa shape index (κ2) is 5.03. The Morgan fingerprint density at radius 1 is 1.56 bits per heavy atom. The number of piperazine rings is 1. The van der Waals surface area contributed by atoms with Crippen LogP contribution in [0, 0.1) is 0 Å². The first-order valence-electron chi connectivity index (χ1n) is 6.31. The van der Waals surface area contributed by atoms with Crippen molar-refractivity contribution in [2.75, 3.05) is 24.5 Å². The van der Waals surface area contributed by atoms with Crippen LogP contribution in [0.3, 0.4) is 0 Å². The fraction of sp³-hybridized carbons (Fsp3) is 0.462. The SMILES string of the molecule is CC[C@@H]1CNCCN1c1nc2ccc(Cl)cc2s1. The lowest BCUT2D eigenvalue weighted by Crippen LogP contribution is -2.51. The molecule has 1 atom stereocenters. The van der Waals surface area contributed by atoms with Crippen molar-refractivity contribution in [1.82, 2.24) is 10.3 Å². The molecule has 1 N–H and O–H groups in total. The van der Waals surface area contributed by atoms with E-state index in [1.807, 2.05) is 18.2 Å². The predicted octanol–water partition coefficient (Wildman–Crippen LogP) is 3.14. The van der Waals surface area contributed by atoms with Crippen LogP contribution in [-0.2, 0) is 0 Å². The Kier molecular flexibility index (Phi) is 3.41. The number of thiazole rings is 1. The van der Waals surface area contributed by atoms with Gasteiger partial charge in [-0.05, 0) is 24.6 Å². The van der Waals surface area contributed by atoms with Gasteiger partial charge in [0.1, 0.15) is 0 Å². The van der Waals surface area contributed by atoms with E-state index in [1.54, 1.807) is 11.3 Å². The van der Waals surface area contributed by atoms with Crippen molar-refractivity contribution in [3.8, 4) is 0 Å². The van der Waals surface area contributed by atoms with E-state index in [0.717, 1.165) is 41.7 Å². The smallest absolute Gasteiger partial charge is 0.186 e. The quantitative estimate of drug-likeness (QED) is 0.917. The van der Waals surface area contributed by atoms with Gasteiger partial charge in [-0.3, -0.25) is 0 Å². The zero-order valence-corrected chi connectivity index (χ0v) is 11.9. The summed E-state index contributed by atoms with van der Waals surface area (Å²) < 4.78 is 1.17. The third-order valence-electron chi connectivity index (χ3n) is 3.41. The highest BCUT2D eigenvalue weighted by molar-refractivity contribution is 7.22. The number of fused-ring (bicyclic) bond motifs is 1. The molecule has 0 spiro atoms. The lowest BCUT2D eigenvalue weighted by atomic mass is 10.1. The molecule has 0 radical (unpaired) electrons. The van der Waals surface area contributed by atoms with Crippen molar-refractivity contribution in [3.05, 3.63) is 23.2 Å². The van der Waals surface area contributed by atoms with Gasteiger partial charge < -0.3 is 10.2 Å². The number of hydrogen-bond acceptors (Lipinski definition) is 4. The highest BCUT2D eigenvalue weighted by Gasteiger charge is 2.23. The highest BCUT2D eigenvalue weighted by atomic mass is 35.5. The summed E-state index contributed by atoms with van der Waals surface area (Å²) >= 11 is 7.76. The number of halogens is 1. The number of anilines is 1. The molecule has 18 heavy (non-hydrogen) atoms. The predicted molar refractivity (Wildman–Crippen MR) is 78.9 cm³/mol. The molecule has 3 nitrogen and oxygen atoms in total. The number of hydrogen-bond donors (Lipinski definition) is 1. The van der Waals surface area contributed by atoms with Gasteiger partial charge in [-0.25, -0.2) is 4.98 Å². The Balaban J connectivity index is 1.97. The summed E-state index contributed by atoms with van der Waals surface area (Å²) in [5.74, 6) is 0. The normalized spacial score (nSPS) is 20.6. The molecule has 2 aromatic rings. The van der Waals surface area contributed by atoms with E-state index >= 15 is 0 Å². The minimum absolute atomic E-state index is 0.551. The summed E-state index contributed by atoms with van der Waals surface area (Å²) in [6, 6.07) is 6.46. The van der Waals surface area contributed by atoms with Gasteiger partial charge in [0.15, 0.2) is 5.13 Å². The summed E-state index contributed by atoms with van der Waals surface area (Å²) in [5, 5.41) is 5.35. The van der Waals surface area contributed by atoms with Gasteiger partial charge in [0, 0.05) is 30.7 Å². The molecule has 96 valence electrons. The van der Waals surface area contributed by atoms with E-state index < -0.39 is 0 Å². The van der Waals surface area contributed by atoms with Crippen LogP contribution in [0.5, 0.6) is 0 Å². The Morgan fingerprint density at radius 2 is 2.44 bits per heavy atom. The van der Waals surface area contributed by atoms with Crippen LogP contribution in [0.4, 0.5) is 5.13 Å². The second-order valence-corrected chi connectivity index (χ2v) is 6.01. The molecule has 1 aliphatic heterocycles. The summed E-state index contributed by atoms with van der Waals surface area (Å²) in [6.45, 7) is 5.35. The number of nitrogens with zero attached hydrogens (tertiary/aromatic N) is 2. The van der Waals surface area contributed by atoms with E-state index in [-0.39, 0.29) is 0 Å². The third-order valence-corrected chi connectivity index (χ3v) is 4.70. The number of rotatable bonds is 2. The molecule has 0 aliphatic carbocycles. The fourth-order valence-electron chi connectivity index (χ4n) is 2.39. The zero-order valence-electron chi connectivity index (χ0n) is 10.3. The van der Waals surface area contributed by atoms with Gasteiger partial charge in [-0.1, -0.05) is 29.9 Å². The Bertz CT molecular complexity index is 554. The molecule has 1 saturated heterocycles. The van der Waals surface area contributed by atoms with E-state index in [1.165, 1.54) is 4.70 Å². The molecule has 2 heterocycles. The Morgan fingerprint density at radius 3 is 3.28 bits per heavy atom. The molecule has 0 bridgehead atoms. The molecule has 0 amide bonds. The van der Waals surface area contributed by atoms with Gasteiger partial charge >= 0.3 is 0 Å². The molecular formula is C13H16ClN3S. The summed E-state index contributed by atoms with van der Waals surface area (Å²) in [7, 11) is 0. The first kappa shape index (κ1) is 12.2. The average molecular weight is 282 g/mol. The van der Waals surface area contributed by atoms with Crippen molar-refractivity contribution >= 4 is 38.3 Å². The van der Waals surface area contributed by atoms with E-state index in [2.05, 4.69) is 17.1 Å². The largest absolute Gasteiger partial charge is 0.343 e. The van der Waals surface area contributed by atoms with Gasteiger partial charge in [0.25, 0.3) is 0 Å². The van der Waals surface area contributed by atoms with Crippen molar-refractivity contribution in [1.29, 1.82) is 0 Å². The maximum atomic E-state index is 6.02. The van der Waals surface area contributed by atoms with Crippen molar-refractivity contribution in [3.63, 3.8) is 0 Å². The lowest BCUT2D eigenvalue weighted by molar-refractivity contribution is 0.466. The first-order chi connectivity index (χ1) is 8.78. The molecule has 0 saturated carbocycles. The molecule has 1 aliphatic rings. The van der Waals surface area contributed by atoms with Crippen LogP contribution in [0.1, 0.15) is 13.3 Å². The van der Waals surface area contributed by atoms with E-state index in [4.69, 9.17) is 16.6 Å². The Labute approximate surface area is 116 Å². The number of benzene rings is 1. The van der Waals surface area contributed by atoms with Crippen LogP contribution in [0.25, 0.3) is 10.2 Å². The van der Waals surface area contributed by atoms with Crippen LogP contribution in [0.2, 0.25) is 5.02 Å². The molecule has 1 aromatic carbocycles. The first-order valence-corrected chi connectivity index (χ1v) is 7.51. The minimum atomic E-state index is 0.551. The van der Waals surface area contributed by atoms with Crippen molar-refractivity contribution < 1.29 is 0 Å². The van der Waals surface area contributed by atoms with Crippen LogP contribution in [-0.4, -0.2) is 30.7 Å². The minimum Gasteiger partial charge on any atom is -0.343 e. The third kappa shape index (κ3) is 2.20. The van der Waals surface area contributed by atoms with E-state index in [0.29, 0.717) is 6.04 Å². The van der Waals surface area contributed by atoms with E-state index in [9.17, 15) is 0 Å². The lowest BCUT2D eigenvalue weighted by Gasteiger charge is -2.35. The van der Waals surface area contributed by atoms with Gasteiger partial charge in [-0.2, -0.15) is 0 Å². The summed E-state index contributed by atoms with van der Waals surface area (Å²) in [6.07, 6.45) is 1.14. The van der Waals surface area contributed by atoms with Crippen LogP contribution < -0.4 is 10.2 Å². The highest BCUT2D eigenvalue weighted by Crippen LogP contribution is 2.32. The van der Waals surface area contributed by atoms with Gasteiger partial charge in [0.2, 0.25) is 0 Å². The standard InChI is InChI=1S/C13H16ClN3S/c1-2-10-8-15-5-6-17(10)13-16-11-4-3-9(14)7-12(11)18-13/h3-4,7,10,15H,2,5-6,8H2,1H3/t10-/m1/s1. The molecule has 1 aromatic heterocycles. The summed E-state index contributed by atoms with van der Waals surface area (Å²) in [5.41, 5.74) is 1.05. The van der Waals surface area contributed by atoms with Crippen molar-refractivity contribution in [2.45, 2.75) is 19.4 Å². The molecule has 1 fully saturated rings. The molecule has 3 rings (SSSR count). The number of aromatic nitrogens is 1.